The van der Waals surface area contributed by atoms with Gasteiger partial charge in [-0.15, -0.1) is 0 Å². The highest BCUT2D eigenvalue weighted by Crippen LogP contribution is 2.19. The van der Waals surface area contributed by atoms with Crippen LogP contribution in [0.5, 0.6) is 0 Å². The molecule has 3 amide bonds. The molecule has 0 aliphatic heterocycles. The van der Waals surface area contributed by atoms with Crippen molar-refractivity contribution >= 4 is 28.5 Å². The Balaban J connectivity index is 2.18. The number of hydrogen-bond donors (Lipinski definition) is 4. The van der Waals surface area contributed by atoms with Gasteiger partial charge in [-0.25, -0.2) is 5.48 Å². The molecular formula is C22H29N3O4. The SMILES string of the molecule is CNC(=O)[C@@H](Cc1ccc2ccccc2c1)NC(=O)[C@@H](CC(=O)NO)CC(C)C. The van der Waals surface area contributed by atoms with E-state index in [1.165, 1.54) is 7.05 Å². The molecule has 2 aromatic carbocycles. The summed E-state index contributed by atoms with van der Waals surface area (Å²) in [4.78, 5) is 36.8. The molecule has 0 saturated carbocycles. The number of fused-ring (bicyclic) bond motifs is 1. The zero-order chi connectivity index (χ0) is 21.4. The van der Waals surface area contributed by atoms with Crippen molar-refractivity contribution in [2.45, 2.75) is 39.2 Å². The van der Waals surface area contributed by atoms with Crippen molar-refractivity contribution in [3.05, 3.63) is 48.0 Å². The zero-order valence-corrected chi connectivity index (χ0v) is 17.1. The number of rotatable bonds is 9. The monoisotopic (exact) mass is 399 g/mol. The molecule has 0 radical (unpaired) electrons. The molecule has 0 aliphatic carbocycles. The van der Waals surface area contributed by atoms with Crippen molar-refractivity contribution in [1.82, 2.24) is 16.1 Å². The normalized spacial score (nSPS) is 13.0. The minimum atomic E-state index is -0.763. The summed E-state index contributed by atoms with van der Waals surface area (Å²) in [6.45, 7) is 3.89. The van der Waals surface area contributed by atoms with E-state index in [4.69, 9.17) is 5.21 Å². The number of hydroxylamine groups is 1. The predicted molar refractivity (Wildman–Crippen MR) is 111 cm³/mol. The number of amides is 3. The van der Waals surface area contributed by atoms with Crippen LogP contribution in [0.25, 0.3) is 10.8 Å². The van der Waals surface area contributed by atoms with Gasteiger partial charge in [0.2, 0.25) is 17.7 Å². The summed E-state index contributed by atoms with van der Waals surface area (Å²) >= 11 is 0. The molecule has 2 aromatic rings. The minimum Gasteiger partial charge on any atom is -0.357 e. The number of carbonyl (C=O) groups excluding carboxylic acids is 3. The fourth-order valence-corrected chi connectivity index (χ4v) is 3.40. The second-order valence-corrected chi connectivity index (χ2v) is 7.63. The van der Waals surface area contributed by atoms with Gasteiger partial charge in [-0.05, 0) is 28.7 Å². The summed E-state index contributed by atoms with van der Waals surface area (Å²) in [5.41, 5.74) is 2.49. The molecule has 7 nitrogen and oxygen atoms in total. The third-order valence-electron chi connectivity index (χ3n) is 4.82. The summed E-state index contributed by atoms with van der Waals surface area (Å²) in [5.74, 6) is -1.77. The molecule has 4 N–H and O–H groups in total. The van der Waals surface area contributed by atoms with Crippen molar-refractivity contribution in [2.24, 2.45) is 11.8 Å². The first-order valence-electron chi connectivity index (χ1n) is 9.76. The Morgan fingerprint density at radius 1 is 1.00 bits per heavy atom. The lowest BCUT2D eigenvalue weighted by Crippen LogP contribution is -2.49. The first-order valence-corrected chi connectivity index (χ1v) is 9.76. The van der Waals surface area contributed by atoms with Crippen molar-refractivity contribution < 1.29 is 19.6 Å². The highest BCUT2D eigenvalue weighted by Gasteiger charge is 2.27. The molecule has 29 heavy (non-hydrogen) atoms. The van der Waals surface area contributed by atoms with Gasteiger partial charge < -0.3 is 10.6 Å². The van der Waals surface area contributed by atoms with E-state index in [1.54, 1.807) is 5.48 Å². The van der Waals surface area contributed by atoms with Gasteiger partial charge in [0.1, 0.15) is 6.04 Å². The first kappa shape index (κ1) is 22.4. The van der Waals surface area contributed by atoms with E-state index in [0.717, 1.165) is 16.3 Å². The molecule has 156 valence electrons. The lowest BCUT2D eigenvalue weighted by molar-refractivity contribution is -0.136. The minimum absolute atomic E-state index is 0.142. The lowest BCUT2D eigenvalue weighted by Gasteiger charge is -2.23. The molecule has 2 atom stereocenters. The van der Waals surface area contributed by atoms with Gasteiger partial charge in [-0.1, -0.05) is 56.3 Å². The third-order valence-corrected chi connectivity index (χ3v) is 4.82. The maximum atomic E-state index is 12.8. The van der Waals surface area contributed by atoms with Gasteiger partial charge in [0.15, 0.2) is 0 Å². The number of carbonyl (C=O) groups is 3. The molecule has 0 heterocycles. The van der Waals surface area contributed by atoms with Crippen LogP contribution >= 0.6 is 0 Å². The molecule has 0 aromatic heterocycles. The Morgan fingerprint density at radius 2 is 1.69 bits per heavy atom. The standard InChI is InChI=1S/C22H29N3O4/c1-14(2)10-18(13-20(26)25-29)21(27)24-19(22(28)23-3)12-15-8-9-16-6-4-5-7-17(16)11-15/h4-9,11,14,18-19,29H,10,12-13H2,1-3H3,(H,23,28)(H,24,27)(H,25,26)/t18-,19-/m1/s1. The molecule has 2 rings (SSSR count). The first-order chi connectivity index (χ1) is 13.8. The Kier molecular flexibility index (Phi) is 8.15. The summed E-state index contributed by atoms with van der Waals surface area (Å²) < 4.78 is 0. The van der Waals surface area contributed by atoms with Crippen LogP contribution < -0.4 is 16.1 Å². The smallest absolute Gasteiger partial charge is 0.244 e. The molecular weight excluding hydrogens is 370 g/mol. The second kappa shape index (κ2) is 10.6. The van der Waals surface area contributed by atoms with Gasteiger partial charge >= 0.3 is 0 Å². The fourth-order valence-electron chi connectivity index (χ4n) is 3.40. The Labute approximate surface area is 170 Å². The van der Waals surface area contributed by atoms with Crippen LogP contribution in [-0.2, 0) is 20.8 Å². The number of likely N-dealkylation sites (N-methyl/N-ethyl adjacent to an activating group) is 1. The summed E-state index contributed by atoms with van der Waals surface area (Å²) in [6.07, 6.45) is 0.656. The topological polar surface area (TPSA) is 108 Å². The Morgan fingerprint density at radius 3 is 2.31 bits per heavy atom. The van der Waals surface area contributed by atoms with Gasteiger partial charge in [-0.3, -0.25) is 19.6 Å². The van der Waals surface area contributed by atoms with E-state index in [-0.39, 0.29) is 24.2 Å². The quantitative estimate of drug-likeness (QED) is 0.383. The van der Waals surface area contributed by atoms with Crippen molar-refractivity contribution in [3.63, 3.8) is 0 Å². The van der Waals surface area contributed by atoms with Crippen LogP contribution in [0, 0.1) is 11.8 Å². The maximum absolute atomic E-state index is 12.8. The van der Waals surface area contributed by atoms with E-state index in [2.05, 4.69) is 10.6 Å². The molecule has 0 spiro atoms. The summed E-state index contributed by atoms with van der Waals surface area (Å²) in [6, 6.07) is 13.1. The van der Waals surface area contributed by atoms with E-state index in [9.17, 15) is 14.4 Å². The molecule has 7 heteroatoms. The van der Waals surface area contributed by atoms with E-state index < -0.39 is 17.9 Å². The predicted octanol–water partition coefficient (Wildman–Crippen LogP) is 2.17. The largest absolute Gasteiger partial charge is 0.357 e. The molecule has 0 fully saturated rings. The van der Waals surface area contributed by atoms with Crippen LogP contribution in [0.3, 0.4) is 0 Å². The number of nitrogens with one attached hydrogen (secondary N) is 3. The molecule has 0 aliphatic rings. The van der Waals surface area contributed by atoms with Gasteiger partial charge in [0.05, 0.1) is 0 Å². The highest BCUT2D eigenvalue weighted by molar-refractivity contribution is 5.91. The average Bonchev–Trinajstić information content (AvgIpc) is 2.71. The zero-order valence-electron chi connectivity index (χ0n) is 17.1. The number of hydrogen-bond acceptors (Lipinski definition) is 4. The van der Waals surface area contributed by atoms with Crippen LogP contribution in [0.15, 0.2) is 42.5 Å². The average molecular weight is 399 g/mol. The fraction of sp³-hybridized carbons (Fsp3) is 0.409. The van der Waals surface area contributed by atoms with E-state index in [0.29, 0.717) is 12.8 Å². The molecule has 0 bridgehead atoms. The Hall–Kier alpha value is -2.93. The highest BCUT2D eigenvalue weighted by atomic mass is 16.5. The van der Waals surface area contributed by atoms with Gasteiger partial charge in [0.25, 0.3) is 0 Å². The van der Waals surface area contributed by atoms with E-state index >= 15 is 0 Å². The maximum Gasteiger partial charge on any atom is 0.244 e. The summed E-state index contributed by atoms with van der Waals surface area (Å²) in [7, 11) is 1.52. The van der Waals surface area contributed by atoms with Crippen LogP contribution in [0.1, 0.15) is 32.3 Å². The molecule has 0 unspecified atom stereocenters. The summed E-state index contributed by atoms with van der Waals surface area (Å²) in [5, 5.41) is 16.3. The van der Waals surface area contributed by atoms with Gasteiger partial charge in [0, 0.05) is 25.8 Å². The van der Waals surface area contributed by atoms with Crippen LogP contribution in [0.4, 0.5) is 0 Å². The Bertz CT molecular complexity index is 866. The van der Waals surface area contributed by atoms with Crippen LogP contribution in [0.2, 0.25) is 0 Å². The lowest BCUT2D eigenvalue weighted by atomic mass is 9.92. The van der Waals surface area contributed by atoms with Crippen molar-refractivity contribution in [3.8, 4) is 0 Å². The number of benzene rings is 2. The van der Waals surface area contributed by atoms with Crippen molar-refractivity contribution in [1.29, 1.82) is 0 Å². The van der Waals surface area contributed by atoms with Crippen LogP contribution in [-0.4, -0.2) is 36.0 Å². The van der Waals surface area contributed by atoms with Crippen molar-refractivity contribution in [2.75, 3.05) is 7.05 Å². The third kappa shape index (κ3) is 6.57. The molecule has 0 saturated heterocycles. The van der Waals surface area contributed by atoms with Gasteiger partial charge in [-0.2, -0.15) is 0 Å². The van der Waals surface area contributed by atoms with E-state index in [1.807, 2.05) is 56.3 Å². The second-order valence-electron chi connectivity index (χ2n) is 7.63.